The van der Waals surface area contributed by atoms with E-state index in [0.29, 0.717) is 29.5 Å². The number of halogens is 1. The van der Waals surface area contributed by atoms with Crippen molar-refractivity contribution in [3.63, 3.8) is 0 Å². The first kappa shape index (κ1) is 37.1. The minimum absolute atomic E-state index is 0. The van der Waals surface area contributed by atoms with Gasteiger partial charge in [-0.2, -0.15) is 0 Å². The number of hydrogen-bond donors (Lipinski definition) is 4. The number of carbonyl (C=O) groups is 2. The van der Waals surface area contributed by atoms with E-state index >= 15 is 0 Å². The Kier molecular flexibility index (Phi) is 12.6. The quantitative estimate of drug-likeness (QED) is 0.0779. The SMILES string of the molecule is NC(=[NH2+])c1ccc(C(NC(=O)[C@@H]2CCCN2C(=O)CNS(=O)(=O)Cc2ccccc2)P(=O)(Oc2ccccc2)Oc2ccccc2)cc1.[Cl-]. The summed E-state index contributed by atoms with van der Waals surface area (Å²) in [6.45, 7) is -0.283. The van der Waals surface area contributed by atoms with Crippen LogP contribution < -0.4 is 42.6 Å². The number of para-hydroxylation sites is 2. The summed E-state index contributed by atoms with van der Waals surface area (Å²) in [6, 6.07) is 30.9. The summed E-state index contributed by atoms with van der Waals surface area (Å²) in [5.41, 5.74) is 7.23. The maximum Gasteiger partial charge on any atom is 0.457 e. The van der Waals surface area contributed by atoms with Gasteiger partial charge in [-0.05, 0) is 60.4 Å². The predicted octanol–water partition coefficient (Wildman–Crippen LogP) is -0.268. The van der Waals surface area contributed by atoms with Crippen LogP contribution in [0.5, 0.6) is 11.5 Å². The Morgan fingerprint density at radius 2 is 1.41 bits per heavy atom. The van der Waals surface area contributed by atoms with Gasteiger partial charge in [0.15, 0.2) is 5.78 Å². The number of sulfonamides is 1. The van der Waals surface area contributed by atoms with E-state index in [1.54, 1.807) is 115 Å². The molecule has 4 aromatic carbocycles. The van der Waals surface area contributed by atoms with Gasteiger partial charge in [-0.1, -0.05) is 78.9 Å². The highest BCUT2D eigenvalue weighted by atomic mass is 35.5. The van der Waals surface area contributed by atoms with Crippen LogP contribution >= 0.6 is 7.60 Å². The van der Waals surface area contributed by atoms with Crippen molar-refractivity contribution in [3.8, 4) is 11.5 Å². The Labute approximate surface area is 291 Å². The Hall–Kier alpha value is -4.68. The first-order chi connectivity index (χ1) is 23.0. The third-order valence-corrected chi connectivity index (χ3v) is 10.9. The Morgan fingerprint density at radius 3 is 1.94 bits per heavy atom. The lowest BCUT2D eigenvalue weighted by molar-refractivity contribution is -0.137. The van der Waals surface area contributed by atoms with Crippen LogP contribution in [0.1, 0.15) is 35.3 Å². The van der Waals surface area contributed by atoms with E-state index in [1.807, 2.05) is 0 Å². The second-order valence-electron chi connectivity index (χ2n) is 11.1. The van der Waals surface area contributed by atoms with Gasteiger partial charge in [0.05, 0.1) is 17.9 Å². The van der Waals surface area contributed by atoms with E-state index in [-0.39, 0.29) is 42.0 Å². The summed E-state index contributed by atoms with van der Waals surface area (Å²) in [7, 11) is -8.16. The molecule has 2 amide bonds. The third-order valence-electron chi connectivity index (χ3n) is 7.63. The second kappa shape index (κ2) is 16.6. The van der Waals surface area contributed by atoms with E-state index < -0.39 is 47.8 Å². The number of benzene rings is 4. The Balaban J connectivity index is 0.00000541. The fourth-order valence-corrected chi connectivity index (χ4v) is 8.25. The average molecular weight is 726 g/mol. The molecule has 12 nitrogen and oxygen atoms in total. The molecule has 0 bridgehead atoms. The number of likely N-dealkylation sites (tertiary alicyclic amines) is 1. The van der Waals surface area contributed by atoms with Crippen molar-refractivity contribution in [2.45, 2.75) is 30.4 Å². The Bertz CT molecular complexity index is 1840. The number of nitrogens with zero attached hydrogens (tertiary/aromatic N) is 1. The topological polar surface area (TPSA) is 183 Å². The van der Waals surface area contributed by atoms with Gasteiger partial charge in [0.2, 0.25) is 21.8 Å². The molecule has 0 radical (unpaired) electrons. The molecule has 5 rings (SSSR count). The van der Waals surface area contributed by atoms with Crippen LogP contribution in [0.25, 0.3) is 0 Å². The van der Waals surface area contributed by atoms with Crippen LogP contribution in [-0.4, -0.2) is 50.1 Å². The number of nitrogens with one attached hydrogen (secondary N) is 2. The molecule has 4 aromatic rings. The van der Waals surface area contributed by atoms with Crippen LogP contribution in [0.3, 0.4) is 0 Å². The van der Waals surface area contributed by atoms with Crippen molar-refractivity contribution in [2.75, 3.05) is 13.1 Å². The van der Waals surface area contributed by atoms with Gasteiger partial charge in [-0.15, -0.1) is 0 Å². The van der Waals surface area contributed by atoms with E-state index in [4.69, 9.17) is 20.2 Å². The molecule has 2 atom stereocenters. The van der Waals surface area contributed by atoms with Crippen molar-refractivity contribution in [1.29, 1.82) is 0 Å². The summed E-state index contributed by atoms with van der Waals surface area (Å²) in [5, 5.41) is 8.61. The smallest absolute Gasteiger partial charge is 0.457 e. The number of amides is 2. The first-order valence-corrected chi connectivity index (χ1v) is 18.5. The number of rotatable bonds is 14. The number of hydrogen-bond acceptors (Lipinski definition) is 7. The zero-order valence-corrected chi connectivity index (χ0v) is 28.8. The molecule has 258 valence electrons. The zero-order valence-electron chi connectivity index (χ0n) is 26.4. The van der Waals surface area contributed by atoms with Gasteiger partial charge in [0.25, 0.3) is 5.84 Å². The highest BCUT2D eigenvalue weighted by Gasteiger charge is 2.44. The standard InChI is InChI=1S/C34H36N5O7PS.ClH/c35-32(36)26-18-20-27(21-19-26)34(47(42,45-28-13-6-2-7-14-28)46-29-15-8-3-9-16-29)38-33(41)30-17-10-22-39(30)31(40)23-37-48(43,44)24-25-11-4-1-5-12-25;/h1-9,11-16,18-21,30,34,37H,10,17,22-24H2,(H3,35,36)(H,38,41);1H/t30-,34?;/m0./s1. The molecule has 0 aromatic heterocycles. The maximum absolute atomic E-state index is 14.9. The van der Waals surface area contributed by atoms with Crippen LogP contribution in [-0.2, 0) is 29.9 Å². The van der Waals surface area contributed by atoms with Gasteiger partial charge in [0.1, 0.15) is 17.5 Å². The number of carbonyl (C=O) groups excluding carboxylic acids is 2. The van der Waals surface area contributed by atoms with Crippen LogP contribution in [0.15, 0.2) is 115 Å². The van der Waals surface area contributed by atoms with Gasteiger partial charge >= 0.3 is 7.60 Å². The van der Waals surface area contributed by atoms with Gasteiger partial charge in [-0.25, -0.2) is 17.7 Å². The third kappa shape index (κ3) is 9.93. The highest BCUT2D eigenvalue weighted by Crippen LogP contribution is 2.59. The van der Waals surface area contributed by atoms with E-state index in [9.17, 15) is 22.6 Å². The summed E-state index contributed by atoms with van der Waals surface area (Å²) < 4.78 is 54.8. The van der Waals surface area contributed by atoms with Crippen molar-refractivity contribution in [3.05, 3.63) is 132 Å². The Morgan fingerprint density at radius 1 is 0.878 bits per heavy atom. The van der Waals surface area contributed by atoms with Gasteiger partial charge < -0.3 is 31.7 Å². The molecule has 1 fully saturated rings. The molecule has 0 spiro atoms. The lowest BCUT2D eigenvalue weighted by Gasteiger charge is -2.31. The van der Waals surface area contributed by atoms with Crippen LogP contribution in [0.4, 0.5) is 0 Å². The van der Waals surface area contributed by atoms with Crippen LogP contribution in [0, 0.1) is 0 Å². The summed E-state index contributed by atoms with van der Waals surface area (Å²) in [5.74, 6) is -2.26. The molecule has 1 unspecified atom stereocenters. The summed E-state index contributed by atoms with van der Waals surface area (Å²) >= 11 is 0. The minimum atomic E-state index is -4.34. The van der Waals surface area contributed by atoms with Crippen LogP contribution in [0.2, 0.25) is 0 Å². The number of nitrogens with two attached hydrogens (primary N) is 2. The maximum atomic E-state index is 14.9. The molecule has 49 heavy (non-hydrogen) atoms. The van der Waals surface area contributed by atoms with Crippen molar-refractivity contribution < 1.29 is 49.4 Å². The first-order valence-electron chi connectivity index (χ1n) is 15.2. The zero-order chi connectivity index (χ0) is 34.1. The van der Waals surface area contributed by atoms with Crippen molar-refractivity contribution in [2.24, 2.45) is 5.73 Å². The normalized spacial score (nSPS) is 15.0. The van der Waals surface area contributed by atoms with E-state index in [2.05, 4.69) is 10.0 Å². The number of amidine groups is 1. The largest absolute Gasteiger partial charge is 1.00 e. The molecule has 0 aliphatic carbocycles. The minimum Gasteiger partial charge on any atom is -1.00 e. The monoisotopic (exact) mass is 725 g/mol. The van der Waals surface area contributed by atoms with Gasteiger partial charge in [0, 0.05) is 6.54 Å². The molecule has 1 saturated heterocycles. The highest BCUT2D eigenvalue weighted by molar-refractivity contribution is 7.88. The summed E-state index contributed by atoms with van der Waals surface area (Å²) in [4.78, 5) is 28.6. The second-order valence-corrected chi connectivity index (χ2v) is 14.9. The molecule has 1 heterocycles. The molecule has 0 saturated carbocycles. The fourth-order valence-electron chi connectivity index (χ4n) is 5.27. The van der Waals surface area contributed by atoms with Crippen molar-refractivity contribution in [1.82, 2.24) is 14.9 Å². The van der Waals surface area contributed by atoms with E-state index in [1.165, 1.54) is 4.90 Å². The lowest BCUT2D eigenvalue weighted by atomic mass is 10.1. The molecule has 1 aliphatic rings. The average Bonchev–Trinajstić information content (AvgIpc) is 3.58. The molecule has 1 aliphatic heterocycles. The van der Waals surface area contributed by atoms with Gasteiger partial charge in [-0.3, -0.25) is 20.7 Å². The van der Waals surface area contributed by atoms with Crippen molar-refractivity contribution >= 4 is 35.3 Å². The molecule has 6 N–H and O–H groups in total. The lowest BCUT2D eigenvalue weighted by Crippen LogP contribution is -3.00. The van der Waals surface area contributed by atoms with E-state index in [0.717, 1.165) is 0 Å². The predicted molar refractivity (Wildman–Crippen MR) is 181 cm³/mol. The molecular formula is C34H37ClN5O7PS. The molecule has 15 heteroatoms. The molecular weight excluding hydrogens is 689 g/mol. The summed E-state index contributed by atoms with van der Waals surface area (Å²) in [6.07, 6.45) is 0.812. The fraction of sp³-hybridized carbons (Fsp3) is 0.206.